The normalized spacial score (nSPS) is 12.6. The van der Waals surface area contributed by atoms with Crippen LogP contribution >= 0.6 is 0 Å². The monoisotopic (exact) mass is 396 g/mol. The molecule has 3 N–H and O–H groups in total. The number of carbonyl (C=O) groups is 3. The maximum atomic E-state index is 12.1. The number of aliphatic carboxylic acids is 1. The molecular formula is C22H24N2O5. The van der Waals surface area contributed by atoms with Crippen LogP contribution in [0, 0.1) is 0 Å². The number of benzene rings is 2. The molecule has 2 aromatic carbocycles. The second-order valence-corrected chi connectivity index (χ2v) is 6.96. The highest BCUT2D eigenvalue weighted by atomic mass is 16.5. The number of ether oxygens (including phenoxy) is 1. The number of carboxylic acid groups (broad SMARTS) is 1. The average Bonchev–Trinajstić information content (AvgIpc) is 2.70. The maximum Gasteiger partial charge on any atom is 0.303 e. The lowest BCUT2D eigenvalue weighted by atomic mass is 10.0. The Hall–Kier alpha value is -3.35. The molecule has 0 spiro atoms. The number of nitrogens with one attached hydrogen (secondary N) is 2. The molecule has 152 valence electrons. The van der Waals surface area contributed by atoms with Gasteiger partial charge in [0, 0.05) is 30.6 Å². The Morgan fingerprint density at radius 1 is 1.07 bits per heavy atom. The minimum atomic E-state index is -0.827. The van der Waals surface area contributed by atoms with Crippen molar-refractivity contribution in [2.75, 3.05) is 17.2 Å². The number of fused-ring (bicyclic) bond motifs is 1. The van der Waals surface area contributed by atoms with Gasteiger partial charge in [0.1, 0.15) is 5.75 Å². The van der Waals surface area contributed by atoms with Crippen molar-refractivity contribution in [1.29, 1.82) is 0 Å². The number of aryl methyl sites for hydroxylation is 2. The highest BCUT2D eigenvalue weighted by molar-refractivity contribution is 5.94. The van der Waals surface area contributed by atoms with E-state index in [9.17, 15) is 14.4 Å². The van der Waals surface area contributed by atoms with Crippen LogP contribution in [0.4, 0.5) is 11.4 Å². The molecular weight excluding hydrogens is 372 g/mol. The number of carbonyl (C=O) groups excluding carboxylic acids is 2. The van der Waals surface area contributed by atoms with Crippen LogP contribution in [0.3, 0.4) is 0 Å². The SMILES string of the molecule is O=C(O)CCc1ccc(NC(=O)CCCOc2ccc3c(c2)CCC(=O)N3)cc1. The van der Waals surface area contributed by atoms with E-state index in [2.05, 4.69) is 10.6 Å². The number of carboxylic acids is 1. The van der Waals surface area contributed by atoms with E-state index in [0.717, 1.165) is 22.6 Å². The van der Waals surface area contributed by atoms with Gasteiger partial charge in [0.2, 0.25) is 11.8 Å². The summed E-state index contributed by atoms with van der Waals surface area (Å²) >= 11 is 0. The number of anilines is 2. The molecule has 3 rings (SSSR count). The molecule has 0 aliphatic carbocycles. The van der Waals surface area contributed by atoms with Crippen molar-refractivity contribution >= 4 is 29.2 Å². The number of rotatable bonds is 9. The molecule has 1 aliphatic rings. The van der Waals surface area contributed by atoms with Gasteiger partial charge in [-0.05, 0) is 60.7 Å². The van der Waals surface area contributed by atoms with E-state index in [1.54, 1.807) is 12.1 Å². The first-order chi connectivity index (χ1) is 14.0. The standard InChI is InChI=1S/C22H24N2O5/c25-20(23-17-7-3-15(4-8-17)5-12-22(27)28)2-1-13-29-18-9-10-19-16(14-18)6-11-21(26)24-19/h3-4,7-10,14H,1-2,5-6,11-13H2,(H,23,25)(H,24,26)(H,27,28). The predicted octanol–water partition coefficient (Wildman–Crippen LogP) is 3.39. The Kier molecular flexibility index (Phi) is 6.84. The lowest BCUT2D eigenvalue weighted by Gasteiger charge is -2.17. The third-order valence-corrected chi connectivity index (χ3v) is 4.65. The van der Waals surface area contributed by atoms with E-state index in [0.29, 0.717) is 44.4 Å². The van der Waals surface area contributed by atoms with Crippen molar-refractivity contribution in [2.45, 2.75) is 38.5 Å². The van der Waals surface area contributed by atoms with Gasteiger partial charge in [-0.2, -0.15) is 0 Å². The molecule has 0 radical (unpaired) electrons. The third-order valence-electron chi connectivity index (χ3n) is 4.65. The van der Waals surface area contributed by atoms with Crippen LogP contribution in [0.25, 0.3) is 0 Å². The van der Waals surface area contributed by atoms with E-state index in [-0.39, 0.29) is 18.2 Å². The summed E-state index contributed by atoms with van der Waals surface area (Å²) in [5, 5.41) is 14.4. The van der Waals surface area contributed by atoms with Crippen LogP contribution < -0.4 is 15.4 Å². The molecule has 0 bridgehead atoms. The lowest BCUT2D eigenvalue weighted by Crippen LogP contribution is -2.18. The fraction of sp³-hybridized carbons (Fsp3) is 0.318. The molecule has 1 heterocycles. The number of amides is 2. The van der Waals surface area contributed by atoms with Crippen LogP contribution in [0.1, 0.15) is 36.8 Å². The summed E-state index contributed by atoms with van der Waals surface area (Å²) in [6.45, 7) is 0.423. The Labute approximate surface area is 169 Å². The molecule has 2 amide bonds. The highest BCUT2D eigenvalue weighted by Gasteiger charge is 2.15. The van der Waals surface area contributed by atoms with Gasteiger partial charge in [0.25, 0.3) is 0 Å². The third kappa shape index (κ3) is 6.34. The van der Waals surface area contributed by atoms with Crippen molar-refractivity contribution in [3.63, 3.8) is 0 Å². The van der Waals surface area contributed by atoms with Gasteiger partial charge >= 0.3 is 5.97 Å². The zero-order chi connectivity index (χ0) is 20.6. The van der Waals surface area contributed by atoms with E-state index in [1.165, 1.54) is 0 Å². The van der Waals surface area contributed by atoms with Gasteiger partial charge in [-0.1, -0.05) is 12.1 Å². The average molecular weight is 396 g/mol. The summed E-state index contributed by atoms with van der Waals surface area (Å²) in [4.78, 5) is 34.0. The molecule has 1 aliphatic heterocycles. The predicted molar refractivity (Wildman–Crippen MR) is 109 cm³/mol. The molecule has 29 heavy (non-hydrogen) atoms. The molecule has 7 nitrogen and oxygen atoms in total. The van der Waals surface area contributed by atoms with Crippen molar-refractivity contribution in [1.82, 2.24) is 0 Å². The van der Waals surface area contributed by atoms with E-state index >= 15 is 0 Å². The summed E-state index contributed by atoms with van der Waals surface area (Å²) in [7, 11) is 0. The second-order valence-electron chi connectivity index (χ2n) is 6.96. The van der Waals surface area contributed by atoms with E-state index in [1.807, 2.05) is 30.3 Å². The molecule has 0 fully saturated rings. The minimum absolute atomic E-state index is 0.0343. The van der Waals surface area contributed by atoms with Gasteiger partial charge in [-0.25, -0.2) is 0 Å². The smallest absolute Gasteiger partial charge is 0.303 e. The number of hydrogen-bond acceptors (Lipinski definition) is 4. The van der Waals surface area contributed by atoms with Gasteiger partial charge in [-0.3, -0.25) is 14.4 Å². The van der Waals surface area contributed by atoms with Crippen LogP contribution in [-0.4, -0.2) is 29.5 Å². The van der Waals surface area contributed by atoms with Crippen LogP contribution in [0.5, 0.6) is 5.75 Å². The Morgan fingerprint density at radius 2 is 1.86 bits per heavy atom. The summed E-state index contributed by atoms with van der Waals surface area (Å²) in [6, 6.07) is 12.8. The fourth-order valence-electron chi connectivity index (χ4n) is 3.10. The first-order valence-electron chi connectivity index (χ1n) is 9.66. The van der Waals surface area contributed by atoms with Gasteiger partial charge < -0.3 is 20.5 Å². The summed E-state index contributed by atoms with van der Waals surface area (Å²) < 4.78 is 5.72. The lowest BCUT2D eigenvalue weighted by molar-refractivity contribution is -0.137. The summed E-state index contributed by atoms with van der Waals surface area (Å²) in [5.74, 6) is -0.156. The Balaban J connectivity index is 1.38. The molecule has 0 aromatic heterocycles. The van der Waals surface area contributed by atoms with Crippen LogP contribution in [-0.2, 0) is 27.2 Å². The van der Waals surface area contributed by atoms with Gasteiger partial charge in [-0.15, -0.1) is 0 Å². The van der Waals surface area contributed by atoms with Crippen molar-refractivity contribution in [2.24, 2.45) is 0 Å². The quantitative estimate of drug-likeness (QED) is 0.564. The van der Waals surface area contributed by atoms with Crippen LogP contribution in [0.2, 0.25) is 0 Å². The summed E-state index contributed by atoms with van der Waals surface area (Å²) in [5.41, 5.74) is 3.50. The largest absolute Gasteiger partial charge is 0.494 e. The molecule has 0 saturated carbocycles. The van der Waals surface area contributed by atoms with Gasteiger partial charge in [0.05, 0.1) is 6.61 Å². The van der Waals surface area contributed by atoms with Crippen molar-refractivity contribution < 1.29 is 24.2 Å². The fourth-order valence-corrected chi connectivity index (χ4v) is 3.10. The van der Waals surface area contributed by atoms with Gasteiger partial charge in [0.15, 0.2) is 0 Å². The van der Waals surface area contributed by atoms with E-state index in [4.69, 9.17) is 9.84 Å². The Morgan fingerprint density at radius 3 is 2.62 bits per heavy atom. The molecule has 2 aromatic rings. The first kappa shape index (κ1) is 20.4. The van der Waals surface area contributed by atoms with Crippen molar-refractivity contribution in [3.05, 3.63) is 53.6 Å². The second kappa shape index (κ2) is 9.73. The zero-order valence-corrected chi connectivity index (χ0v) is 16.1. The molecule has 0 unspecified atom stereocenters. The highest BCUT2D eigenvalue weighted by Crippen LogP contribution is 2.26. The van der Waals surface area contributed by atoms with Crippen molar-refractivity contribution in [3.8, 4) is 5.75 Å². The minimum Gasteiger partial charge on any atom is -0.494 e. The topological polar surface area (TPSA) is 105 Å². The molecule has 7 heteroatoms. The first-order valence-corrected chi connectivity index (χ1v) is 9.66. The summed E-state index contributed by atoms with van der Waals surface area (Å²) in [6.07, 6.45) is 2.66. The molecule has 0 atom stereocenters. The van der Waals surface area contributed by atoms with Crippen LogP contribution in [0.15, 0.2) is 42.5 Å². The van der Waals surface area contributed by atoms with E-state index < -0.39 is 5.97 Å². The zero-order valence-electron chi connectivity index (χ0n) is 16.1. The molecule has 0 saturated heterocycles. The number of hydrogen-bond donors (Lipinski definition) is 3. The maximum absolute atomic E-state index is 12.1. The Bertz CT molecular complexity index is 893.